The van der Waals surface area contributed by atoms with Crippen LogP contribution in [-0.2, 0) is 0 Å². The van der Waals surface area contributed by atoms with Crippen molar-refractivity contribution in [1.29, 1.82) is 0 Å². The van der Waals surface area contributed by atoms with Crippen molar-refractivity contribution >= 4 is 17.2 Å². The average Bonchev–Trinajstić information content (AvgIpc) is 2.90. The molecule has 0 saturated carbocycles. The van der Waals surface area contributed by atoms with Crippen molar-refractivity contribution in [3.05, 3.63) is 71.3 Å². The first-order valence-corrected chi connectivity index (χ1v) is 8.74. The van der Waals surface area contributed by atoms with Gasteiger partial charge < -0.3 is 5.32 Å². The number of nitrogens with one attached hydrogen (secondary N) is 1. The summed E-state index contributed by atoms with van der Waals surface area (Å²) in [6.07, 6.45) is 3.77. The van der Waals surface area contributed by atoms with Crippen molar-refractivity contribution in [2.45, 2.75) is 19.3 Å². The molecule has 0 aromatic heterocycles. The molecule has 2 aliphatic rings. The molecule has 122 valence electrons. The minimum atomic E-state index is 0.176. The van der Waals surface area contributed by atoms with Crippen LogP contribution >= 0.6 is 0 Å². The molecule has 2 aromatic rings. The summed E-state index contributed by atoms with van der Waals surface area (Å²) in [5.74, 6) is 0.176. The third-order valence-electron chi connectivity index (χ3n) is 4.89. The van der Waals surface area contributed by atoms with E-state index in [0.717, 1.165) is 47.7 Å². The number of hydrogen-bond donors (Lipinski definition) is 1. The highest BCUT2D eigenvalue weighted by molar-refractivity contribution is 6.22. The molecular formula is C21H22N2O. The Morgan fingerprint density at radius 1 is 0.833 bits per heavy atom. The van der Waals surface area contributed by atoms with Crippen LogP contribution in [0.3, 0.4) is 0 Å². The van der Waals surface area contributed by atoms with Crippen LogP contribution < -0.4 is 5.32 Å². The van der Waals surface area contributed by atoms with Gasteiger partial charge in [-0.1, -0.05) is 48.9 Å². The molecule has 1 heterocycles. The Morgan fingerprint density at radius 3 is 2.25 bits per heavy atom. The van der Waals surface area contributed by atoms with E-state index < -0.39 is 0 Å². The first kappa shape index (κ1) is 15.2. The quantitative estimate of drug-likeness (QED) is 0.917. The topological polar surface area (TPSA) is 32.3 Å². The lowest BCUT2D eigenvalue weighted by molar-refractivity contribution is 0.102. The van der Waals surface area contributed by atoms with Crippen LogP contribution in [0.4, 0.5) is 5.69 Å². The number of hydrogen-bond acceptors (Lipinski definition) is 3. The van der Waals surface area contributed by atoms with E-state index in [0.29, 0.717) is 0 Å². The number of nitrogens with zero attached hydrogens (tertiary/aromatic N) is 1. The molecule has 2 aromatic carbocycles. The highest BCUT2D eigenvalue weighted by Gasteiger charge is 2.30. The zero-order valence-electron chi connectivity index (χ0n) is 13.8. The van der Waals surface area contributed by atoms with Crippen molar-refractivity contribution < 1.29 is 4.79 Å². The van der Waals surface area contributed by atoms with Gasteiger partial charge in [0, 0.05) is 28.9 Å². The van der Waals surface area contributed by atoms with Gasteiger partial charge in [-0.25, -0.2) is 0 Å². The van der Waals surface area contributed by atoms with Gasteiger partial charge in [-0.3, -0.25) is 9.69 Å². The van der Waals surface area contributed by atoms with E-state index in [-0.39, 0.29) is 5.78 Å². The van der Waals surface area contributed by atoms with E-state index in [9.17, 15) is 4.79 Å². The fraction of sp³-hybridized carbons (Fsp3) is 0.286. The van der Waals surface area contributed by atoms with Gasteiger partial charge in [-0.2, -0.15) is 0 Å². The van der Waals surface area contributed by atoms with Gasteiger partial charge in [0.25, 0.3) is 0 Å². The van der Waals surface area contributed by atoms with Gasteiger partial charge in [0.2, 0.25) is 0 Å². The van der Waals surface area contributed by atoms with Crippen molar-refractivity contribution in [3.63, 3.8) is 0 Å². The van der Waals surface area contributed by atoms with E-state index in [2.05, 4.69) is 10.2 Å². The van der Waals surface area contributed by atoms with Gasteiger partial charge in [0.1, 0.15) is 0 Å². The minimum absolute atomic E-state index is 0.176. The molecule has 1 saturated heterocycles. The molecular weight excluding hydrogens is 296 g/mol. The zero-order valence-corrected chi connectivity index (χ0v) is 13.8. The summed E-state index contributed by atoms with van der Waals surface area (Å²) in [4.78, 5) is 15.4. The van der Waals surface area contributed by atoms with E-state index in [1.165, 1.54) is 19.3 Å². The van der Waals surface area contributed by atoms with Crippen molar-refractivity contribution in [1.82, 2.24) is 4.90 Å². The Kier molecular flexibility index (Phi) is 4.18. The number of para-hydroxylation sites is 1. The molecule has 1 aliphatic carbocycles. The molecule has 1 fully saturated rings. The summed E-state index contributed by atoms with van der Waals surface area (Å²) in [7, 11) is 0. The van der Waals surface area contributed by atoms with Crippen molar-refractivity contribution in [2.75, 3.05) is 25.0 Å². The molecule has 3 nitrogen and oxygen atoms in total. The lowest BCUT2D eigenvalue weighted by Crippen LogP contribution is -2.32. The van der Waals surface area contributed by atoms with Gasteiger partial charge >= 0.3 is 0 Å². The first-order chi connectivity index (χ1) is 11.8. The maximum atomic E-state index is 12.9. The number of fused-ring (bicyclic) bond motifs is 1. The Hall–Kier alpha value is -2.39. The van der Waals surface area contributed by atoms with Gasteiger partial charge in [0.15, 0.2) is 5.78 Å². The van der Waals surface area contributed by atoms with Crippen LogP contribution in [0.25, 0.3) is 5.70 Å². The smallest absolute Gasteiger partial charge is 0.193 e. The third kappa shape index (κ3) is 2.87. The largest absolute Gasteiger partial charge is 0.355 e. The molecule has 0 atom stereocenters. The first-order valence-electron chi connectivity index (χ1n) is 8.74. The number of carbonyl (C=O) groups excluding carboxylic acids is 1. The summed E-state index contributed by atoms with van der Waals surface area (Å²) in [6, 6.07) is 18.0. The van der Waals surface area contributed by atoms with Gasteiger partial charge in [-0.05, 0) is 38.1 Å². The predicted molar refractivity (Wildman–Crippen MR) is 98.0 cm³/mol. The summed E-state index contributed by atoms with van der Waals surface area (Å²) in [5, 5.41) is 3.50. The Bertz CT molecular complexity index is 773. The maximum absolute atomic E-state index is 12.9. The molecule has 0 amide bonds. The van der Waals surface area contributed by atoms with Gasteiger partial charge in [0.05, 0.1) is 5.70 Å². The molecule has 4 rings (SSSR count). The highest BCUT2D eigenvalue weighted by atomic mass is 16.1. The standard InChI is InChI=1S/C21H22N2O/c24-21-18-12-6-5-11-17(18)20(22-16-9-3-1-4-10-16)19(21)15-23-13-7-2-8-14-23/h1,3-6,9-12,22H,2,7-8,13-15H2. The summed E-state index contributed by atoms with van der Waals surface area (Å²) in [5.41, 5.74) is 4.75. The molecule has 24 heavy (non-hydrogen) atoms. The number of Topliss-reactive ketones (excluding diaryl/α,β-unsaturated/α-hetero) is 1. The van der Waals surface area contributed by atoms with Crippen LogP contribution in [0.15, 0.2) is 60.2 Å². The summed E-state index contributed by atoms with van der Waals surface area (Å²) < 4.78 is 0. The van der Waals surface area contributed by atoms with Crippen LogP contribution in [0.5, 0.6) is 0 Å². The fourth-order valence-corrected chi connectivity index (χ4v) is 3.64. The Morgan fingerprint density at radius 2 is 1.50 bits per heavy atom. The minimum Gasteiger partial charge on any atom is -0.355 e. The normalized spacial score (nSPS) is 17.9. The van der Waals surface area contributed by atoms with Crippen LogP contribution in [-0.4, -0.2) is 30.3 Å². The second-order valence-corrected chi connectivity index (χ2v) is 6.56. The number of benzene rings is 2. The molecule has 1 aliphatic heterocycles. The highest BCUT2D eigenvalue weighted by Crippen LogP contribution is 2.34. The van der Waals surface area contributed by atoms with Crippen molar-refractivity contribution in [2.24, 2.45) is 0 Å². The second kappa shape index (κ2) is 6.62. The molecule has 3 heteroatoms. The SMILES string of the molecule is O=C1C(CN2CCCCC2)=C(Nc2ccccc2)c2ccccc21. The number of anilines is 1. The third-order valence-corrected chi connectivity index (χ3v) is 4.89. The molecule has 0 bridgehead atoms. The second-order valence-electron chi connectivity index (χ2n) is 6.56. The predicted octanol–water partition coefficient (Wildman–Crippen LogP) is 4.19. The van der Waals surface area contributed by atoms with Crippen LogP contribution in [0.1, 0.15) is 35.2 Å². The van der Waals surface area contributed by atoms with Gasteiger partial charge in [-0.15, -0.1) is 0 Å². The molecule has 0 spiro atoms. The van der Waals surface area contributed by atoms with E-state index in [4.69, 9.17) is 0 Å². The monoisotopic (exact) mass is 318 g/mol. The number of rotatable bonds is 4. The lowest BCUT2D eigenvalue weighted by atomic mass is 10.1. The Balaban J connectivity index is 1.70. The zero-order chi connectivity index (χ0) is 16.4. The molecule has 0 radical (unpaired) electrons. The Labute approximate surface area is 143 Å². The maximum Gasteiger partial charge on any atom is 0.193 e. The molecule has 1 N–H and O–H groups in total. The van der Waals surface area contributed by atoms with Crippen molar-refractivity contribution in [3.8, 4) is 0 Å². The number of ketones is 1. The van der Waals surface area contributed by atoms with Crippen LogP contribution in [0.2, 0.25) is 0 Å². The van der Waals surface area contributed by atoms with E-state index in [1.807, 2.05) is 54.6 Å². The number of likely N-dealkylation sites (tertiary alicyclic amines) is 1. The average molecular weight is 318 g/mol. The molecule has 0 unspecified atom stereocenters. The number of carbonyl (C=O) groups is 1. The van der Waals surface area contributed by atoms with E-state index in [1.54, 1.807) is 0 Å². The number of piperidine rings is 1. The van der Waals surface area contributed by atoms with E-state index >= 15 is 0 Å². The van der Waals surface area contributed by atoms with Crippen LogP contribution in [0, 0.1) is 0 Å². The summed E-state index contributed by atoms with van der Waals surface area (Å²) >= 11 is 0. The fourth-order valence-electron chi connectivity index (χ4n) is 3.64. The summed E-state index contributed by atoms with van der Waals surface area (Å²) in [6.45, 7) is 2.92. The lowest BCUT2D eigenvalue weighted by Gasteiger charge is -2.27.